The van der Waals surface area contributed by atoms with Crippen molar-refractivity contribution in [2.75, 3.05) is 11.5 Å². The number of rotatable bonds is 3. The molecule has 0 radical (unpaired) electrons. The van der Waals surface area contributed by atoms with Gasteiger partial charge in [0.2, 0.25) is 11.8 Å². The molecule has 7 rings (SSSR count). The van der Waals surface area contributed by atoms with E-state index in [0.29, 0.717) is 11.4 Å². The van der Waals surface area contributed by atoms with Crippen molar-refractivity contribution < 1.29 is 24.2 Å². The topological polar surface area (TPSA) is 83.9 Å². The van der Waals surface area contributed by atoms with Crippen LogP contribution in [-0.2, 0) is 19.8 Å². The van der Waals surface area contributed by atoms with E-state index in [1.807, 2.05) is 48.5 Å². The zero-order chi connectivity index (χ0) is 22.9. The fraction of sp³-hybridized carbons (Fsp3) is 0.222. The fourth-order valence-electron chi connectivity index (χ4n) is 6.28. The van der Waals surface area contributed by atoms with E-state index >= 15 is 0 Å². The third kappa shape index (κ3) is 2.44. The summed E-state index contributed by atoms with van der Waals surface area (Å²) in [6.45, 7) is 1.04. The summed E-state index contributed by atoms with van der Waals surface area (Å²) in [6, 6.07) is 22.0. The number of benzene rings is 3. The van der Waals surface area contributed by atoms with E-state index in [0.717, 1.165) is 22.3 Å². The molecule has 164 valence electrons. The Morgan fingerprint density at radius 1 is 0.909 bits per heavy atom. The Bertz CT molecular complexity index is 1280. The van der Waals surface area contributed by atoms with Crippen LogP contribution < -0.4 is 9.64 Å². The molecule has 33 heavy (non-hydrogen) atoms. The second-order valence-electron chi connectivity index (χ2n) is 8.88. The van der Waals surface area contributed by atoms with E-state index in [4.69, 9.17) is 4.74 Å². The highest BCUT2D eigenvalue weighted by Crippen LogP contribution is 2.64. The van der Waals surface area contributed by atoms with Gasteiger partial charge in [0.25, 0.3) is 0 Å². The van der Waals surface area contributed by atoms with Crippen LogP contribution in [0.25, 0.3) is 0 Å². The van der Waals surface area contributed by atoms with Crippen LogP contribution in [0.4, 0.5) is 5.69 Å². The molecule has 1 N–H and O–H groups in total. The number of anilines is 1. The summed E-state index contributed by atoms with van der Waals surface area (Å²) in [4.78, 5) is 40.2. The van der Waals surface area contributed by atoms with Crippen LogP contribution in [0.5, 0.6) is 5.75 Å². The summed E-state index contributed by atoms with van der Waals surface area (Å²) >= 11 is 0. The van der Waals surface area contributed by atoms with Crippen LogP contribution in [0.1, 0.15) is 35.1 Å². The zero-order valence-electron chi connectivity index (χ0n) is 17.9. The van der Waals surface area contributed by atoms with Crippen molar-refractivity contribution in [1.29, 1.82) is 0 Å². The van der Waals surface area contributed by atoms with Crippen molar-refractivity contribution in [2.24, 2.45) is 11.8 Å². The van der Waals surface area contributed by atoms with E-state index in [9.17, 15) is 19.5 Å². The summed E-state index contributed by atoms with van der Waals surface area (Å²) in [7, 11) is 0. The first-order chi connectivity index (χ1) is 16.0. The molecule has 3 aliphatic carbocycles. The SMILES string of the molecule is CC(=O)Oc1ccc(N2C(=O)[C@@H]3C4c5ccccc5C(CO)(c5ccccc54)[C@H]3C2=O)cc1. The molecule has 6 nitrogen and oxygen atoms in total. The maximum absolute atomic E-state index is 13.9. The largest absolute Gasteiger partial charge is 0.427 e. The van der Waals surface area contributed by atoms with Crippen LogP contribution in [0.2, 0.25) is 0 Å². The molecule has 0 spiro atoms. The number of carbonyl (C=O) groups is 3. The number of hydrogen-bond acceptors (Lipinski definition) is 5. The van der Waals surface area contributed by atoms with Gasteiger partial charge in [0.05, 0.1) is 29.5 Å². The Hall–Kier alpha value is -3.77. The summed E-state index contributed by atoms with van der Waals surface area (Å²) in [5.41, 5.74) is 3.29. The average Bonchev–Trinajstić information content (AvgIpc) is 3.10. The van der Waals surface area contributed by atoms with Gasteiger partial charge < -0.3 is 9.84 Å². The summed E-state index contributed by atoms with van der Waals surface area (Å²) in [5.74, 6) is -2.22. The lowest BCUT2D eigenvalue weighted by atomic mass is 9.47. The molecule has 1 aliphatic heterocycles. The first-order valence-corrected chi connectivity index (χ1v) is 10.9. The van der Waals surface area contributed by atoms with Gasteiger partial charge in [-0.15, -0.1) is 0 Å². The number of nitrogens with zero attached hydrogens (tertiary/aromatic N) is 1. The number of aliphatic hydroxyl groups is 1. The summed E-state index contributed by atoms with van der Waals surface area (Å²) in [6.07, 6.45) is 0. The Morgan fingerprint density at radius 2 is 1.48 bits per heavy atom. The molecule has 0 saturated carbocycles. The monoisotopic (exact) mass is 439 g/mol. The van der Waals surface area contributed by atoms with Gasteiger partial charge in [-0.05, 0) is 46.5 Å². The van der Waals surface area contributed by atoms with Gasteiger partial charge >= 0.3 is 5.97 Å². The molecule has 4 aliphatic rings. The molecule has 1 fully saturated rings. The van der Waals surface area contributed by atoms with Crippen molar-refractivity contribution in [1.82, 2.24) is 0 Å². The minimum absolute atomic E-state index is 0.252. The molecular weight excluding hydrogens is 418 g/mol. The number of carbonyl (C=O) groups excluding carboxylic acids is 3. The van der Waals surface area contributed by atoms with Gasteiger partial charge in [-0.1, -0.05) is 48.5 Å². The molecule has 0 unspecified atom stereocenters. The molecule has 2 amide bonds. The van der Waals surface area contributed by atoms with E-state index in [1.165, 1.54) is 11.8 Å². The quantitative estimate of drug-likeness (QED) is 0.385. The standard InChI is InChI=1S/C27H21NO5/c1-15(30)33-17-12-10-16(11-13-17)28-25(31)23-22-18-6-2-4-8-20(18)27(14-29,24(23)26(28)32)21-9-5-3-7-19(21)22/h2-13,22-24,29H,14H2,1H3/t22?,23-,24-,27?/m1/s1. The van der Waals surface area contributed by atoms with E-state index < -0.39 is 23.2 Å². The number of esters is 1. The number of aliphatic hydroxyl groups excluding tert-OH is 1. The van der Waals surface area contributed by atoms with Gasteiger partial charge in [0, 0.05) is 12.8 Å². The lowest BCUT2D eigenvalue weighted by Crippen LogP contribution is -2.55. The maximum Gasteiger partial charge on any atom is 0.308 e. The van der Waals surface area contributed by atoms with Gasteiger partial charge in [0.1, 0.15) is 5.75 Å². The molecular formula is C27H21NO5. The highest BCUT2D eigenvalue weighted by atomic mass is 16.5. The lowest BCUT2D eigenvalue weighted by molar-refractivity contribution is -0.132. The molecule has 1 saturated heterocycles. The minimum Gasteiger partial charge on any atom is -0.427 e. The van der Waals surface area contributed by atoms with Gasteiger partial charge in [-0.3, -0.25) is 14.4 Å². The van der Waals surface area contributed by atoms with Crippen LogP contribution in [0.15, 0.2) is 72.8 Å². The predicted molar refractivity (Wildman–Crippen MR) is 120 cm³/mol. The van der Waals surface area contributed by atoms with Crippen molar-refractivity contribution >= 4 is 23.5 Å². The number of imide groups is 1. The Balaban J connectivity index is 1.53. The van der Waals surface area contributed by atoms with Crippen molar-refractivity contribution in [3.8, 4) is 5.75 Å². The van der Waals surface area contributed by atoms with Crippen LogP contribution >= 0.6 is 0 Å². The highest BCUT2D eigenvalue weighted by Gasteiger charge is 2.68. The van der Waals surface area contributed by atoms with Crippen molar-refractivity contribution in [3.05, 3.63) is 95.1 Å². The molecule has 3 aromatic rings. The minimum atomic E-state index is -0.980. The molecule has 0 aromatic heterocycles. The second kappa shape index (κ2) is 6.86. The van der Waals surface area contributed by atoms with Crippen LogP contribution in [0.3, 0.4) is 0 Å². The van der Waals surface area contributed by atoms with Crippen molar-refractivity contribution in [2.45, 2.75) is 18.3 Å². The number of ether oxygens (including phenoxy) is 1. The zero-order valence-corrected chi connectivity index (χ0v) is 17.9. The highest BCUT2D eigenvalue weighted by molar-refractivity contribution is 6.23. The molecule has 1 heterocycles. The summed E-state index contributed by atoms with van der Waals surface area (Å²) < 4.78 is 5.08. The second-order valence-corrected chi connectivity index (χ2v) is 8.88. The Labute approximate surface area is 190 Å². The van der Waals surface area contributed by atoms with Crippen LogP contribution in [0, 0.1) is 11.8 Å². The number of amides is 2. The number of hydrogen-bond donors (Lipinski definition) is 1. The molecule has 2 atom stereocenters. The maximum atomic E-state index is 13.9. The smallest absolute Gasteiger partial charge is 0.308 e. The van der Waals surface area contributed by atoms with Crippen molar-refractivity contribution in [3.63, 3.8) is 0 Å². The Morgan fingerprint density at radius 3 is 2.03 bits per heavy atom. The van der Waals surface area contributed by atoms with Gasteiger partial charge in [0.15, 0.2) is 0 Å². The van der Waals surface area contributed by atoms with E-state index in [1.54, 1.807) is 24.3 Å². The van der Waals surface area contributed by atoms with Crippen LogP contribution in [-0.4, -0.2) is 29.5 Å². The third-order valence-corrected chi connectivity index (χ3v) is 7.40. The van der Waals surface area contributed by atoms with E-state index in [2.05, 4.69) is 0 Å². The molecule has 6 heteroatoms. The van der Waals surface area contributed by atoms with Gasteiger partial charge in [-0.2, -0.15) is 0 Å². The third-order valence-electron chi connectivity index (χ3n) is 7.40. The first kappa shape index (κ1) is 19.9. The normalized spacial score (nSPS) is 26.6. The Kier molecular flexibility index (Phi) is 4.13. The first-order valence-electron chi connectivity index (χ1n) is 10.9. The fourth-order valence-corrected chi connectivity index (χ4v) is 6.28. The summed E-state index contributed by atoms with van der Waals surface area (Å²) in [5, 5.41) is 10.9. The average molecular weight is 439 g/mol. The predicted octanol–water partition coefficient (Wildman–Crippen LogP) is 3.16. The molecule has 3 aromatic carbocycles. The van der Waals surface area contributed by atoms with E-state index in [-0.39, 0.29) is 24.3 Å². The lowest BCUT2D eigenvalue weighted by Gasteiger charge is -2.53. The van der Waals surface area contributed by atoms with Gasteiger partial charge in [-0.25, -0.2) is 4.90 Å². The molecule has 2 bridgehead atoms.